The van der Waals surface area contributed by atoms with Gasteiger partial charge in [0, 0.05) is 23.8 Å². The van der Waals surface area contributed by atoms with Crippen LogP contribution in [0.2, 0.25) is 0 Å². The summed E-state index contributed by atoms with van der Waals surface area (Å²) in [5.74, 6) is 2.38. The molecule has 5 nitrogen and oxygen atoms in total. The van der Waals surface area contributed by atoms with Gasteiger partial charge in [-0.3, -0.25) is 4.57 Å². The van der Waals surface area contributed by atoms with Crippen LogP contribution in [0, 0.1) is 13.8 Å². The van der Waals surface area contributed by atoms with Gasteiger partial charge in [-0.05, 0) is 25.5 Å². The predicted octanol–water partition coefficient (Wildman–Crippen LogP) is 4.11. The van der Waals surface area contributed by atoms with E-state index in [0.717, 1.165) is 28.4 Å². The van der Waals surface area contributed by atoms with Gasteiger partial charge in [0.05, 0.1) is 5.39 Å². The third-order valence-corrected chi connectivity index (χ3v) is 4.79. The van der Waals surface area contributed by atoms with Crippen molar-refractivity contribution in [1.29, 1.82) is 0 Å². The molecule has 3 aromatic heterocycles. The molecule has 0 saturated heterocycles. The van der Waals surface area contributed by atoms with E-state index in [-0.39, 0.29) is 0 Å². The van der Waals surface area contributed by atoms with Crippen LogP contribution in [0.4, 0.5) is 5.82 Å². The number of anilines is 1. The van der Waals surface area contributed by atoms with E-state index in [4.69, 9.17) is 9.97 Å². The molecule has 0 aliphatic carbocycles. The molecule has 0 spiro atoms. The number of hydrogen-bond acceptors (Lipinski definition) is 5. The standard InChI is InChI=1S/C18H17N5S/c1-12-10-15-16(20-11-14-6-4-3-5-7-14)21-18(22-17(15)24-12)23-9-8-19-13(23)2/h3-10H,11H2,1-2H3,(H,20,21,22). The van der Waals surface area contributed by atoms with Gasteiger partial charge in [0.2, 0.25) is 5.95 Å². The van der Waals surface area contributed by atoms with Crippen molar-refractivity contribution in [3.8, 4) is 5.95 Å². The van der Waals surface area contributed by atoms with Crippen LogP contribution in [0.15, 0.2) is 48.8 Å². The van der Waals surface area contributed by atoms with Crippen LogP contribution in [0.25, 0.3) is 16.2 Å². The highest BCUT2D eigenvalue weighted by Gasteiger charge is 2.12. The number of aromatic nitrogens is 4. The van der Waals surface area contributed by atoms with E-state index in [9.17, 15) is 0 Å². The molecule has 1 aromatic carbocycles. The molecular formula is C18H17N5S. The average molecular weight is 335 g/mol. The highest BCUT2D eigenvalue weighted by atomic mass is 32.1. The van der Waals surface area contributed by atoms with Crippen LogP contribution in [-0.4, -0.2) is 19.5 Å². The van der Waals surface area contributed by atoms with Gasteiger partial charge in [-0.15, -0.1) is 11.3 Å². The van der Waals surface area contributed by atoms with Crippen molar-refractivity contribution in [2.24, 2.45) is 0 Å². The summed E-state index contributed by atoms with van der Waals surface area (Å²) in [6.45, 7) is 4.77. The molecular weight excluding hydrogens is 318 g/mol. The smallest absolute Gasteiger partial charge is 0.238 e. The Hall–Kier alpha value is -2.73. The van der Waals surface area contributed by atoms with Crippen molar-refractivity contribution in [2.75, 3.05) is 5.32 Å². The zero-order valence-corrected chi connectivity index (χ0v) is 14.3. The minimum atomic E-state index is 0.648. The summed E-state index contributed by atoms with van der Waals surface area (Å²) < 4.78 is 1.90. The second-order valence-electron chi connectivity index (χ2n) is 5.63. The lowest BCUT2D eigenvalue weighted by Crippen LogP contribution is -2.07. The first kappa shape index (κ1) is 14.8. The van der Waals surface area contributed by atoms with E-state index in [0.29, 0.717) is 5.95 Å². The molecule has 24 heavy (non-hydrogen) atoms. The van der Waals surface area contributed by atoms with Gasteiger partial charge in [-0.25, -0.2) is 9.97 Å². The minimum Gasteiger partial charge on any atom is -0.365 e. The summed E-state index contributed by atoms with van der Waals surface area (Å²) >= 11 is 1.68. The highest BCUT2D eigenvalue weighted by molar-refractivity contribution is 7.18. The van der Waals surface area contributed by atoms with Crippen LogP contribution >= 0.6 is 11.3 Å². The number of fused-ring (bicyclic) bond motifs is 1. The normalized spacial score (nSPS) is 11.1. The SMILES string of the molecule is Cc1cc2c(NCc3ccccc3)nc(-n3ccnc3C)nc2s1. The van der Waals surface area contributed by atoms with Gasteiger partial charge in [0.1, 0.15) is 16.5 Å². The minimum absolute atomic E-state index is 0.648. The number of thiophene rings is 1. The fourth-order valence-corrected chi connectivity index (χ4v) is 3.52. The Bertz CT molecular complexity index is 987. The largest absolute Gasteiger partial charge is 0.365 e. The molecule has 0 radical (unpaired) electrons. The first-order valence-corrected chi connectivity index (χ1v) is 8.58. The van der Waals surface area contributed by atoms with E-state index >= 15 is 0 Å². The second-order valence-corrected chi connectivity index (χ2v) is 6.87. The summed E-state index contributed by atoms with van der Waals surface area (Å²) in [4.78, 5) is 15.9. The van der Waals surface area contributed by atoms with Crippen LogP contribution < -0.4 is 5.32 Å². The van der Waals surface area contributed by atoms with Crippen LogP contribution in [0.3, 0.4) is 0 Å². The Labute approximate surface area is 144 Å². The van der Waals surface area contributed by atoms with E-state index < -0.39 is 0 Å². The maximum Gasteiger partial charge on any atom is 0.238 e. The number of hydrogen-bond donors (Lipinski definition) is 1. The van der Waals surface area contributed by atoms with Crippen LogP contribution in [-0.2, 0) is 6.54 Å². The lowest BCUT2D eigenvalue weighted by molar-refractivity contribution is 0.893. The van der Waals surface area contributed by atoms with Gasteiger partial charge in [-0.1, -0.05) is 30.3 Å². The first-order chi connectivity index (χ1) is 11.7. The molecule has 0 unspecified atom stereocenters. The van der Waals surface area contributed by atoms with E-state index in [1.54, 1.807) is 17.5 Å². The Morgan fingerprint density at radius 1 is 1.12 bits per heavy atom. The maximum atomic E-state index is 4.74. The van der Waals surface area contributed by atoms with E-state index in [2.05, 4.69) is 35.4 Å². The van der Waals surface area contributed by atoms with Gasteiger partial charge in [0.15, 0.2) is 0 Å². The molecule has 0 fully saturated rings. The van der Waals surface area contributed by atoms with Crippen molar-refractivity contribution in [3.05, 3.63) is 65.1 Å². The molecule has 6 heteroatoms. The third-order valence-electron chi connectivity index (χ3n) is 3.85. The molecule has 0 atom stereocenters. The van der Waals surface area contributed by atoms with Gasteiger partial charge < -0.3 is 5.32 Å². The van der Waals surface area contributed by atoms with Gasteiger partial charge in [0.25, 0.3) is 0 Å². The lowest BCUT2D eigenvalue weighted by atomic mass is 10.2. The number of rotatable bonds is 4. The van der Waals surface area contributed by atoms with Crippen molar-refractivity contribution in [1.82, 2.24) is 19.5 Å². The summed E-state index contributed by atoms with van der Waals surface area (Å²) in [5, 5.41) is 4.53. The molecule has 0 amide bonds. The molecule has 0 bridgehead atoms. The molecule has 0 aliphatic rings. The Morgan fingerprint density at radius 3 is 2.71 bits per heavy atom. The average Bonchev–Trinajstić information content (AvgIpc) is 3.18. The van der Waals surface area contributed by atoms with E-state index in [1.807, 2.05) is 35.9 Å². The Kier molecular flexibility index (Phi) is 3.74. The molecule has 4 rings (SSSR count). The number of benzene rings is 1. The topological polar surface area (TPSA) is 55.6 Å². The summed E-state index contributed by atoms with van der Waals surface area (Å²) in [6, 6.07) is 12.5. The first-order valence-electron chi connectivity index (χ1n) is 7.77. The fourth-order valence-electron chi connectivity index (χ4n) is 2.64. The molecule has 0 aliphatic heterocycles. The van der Waals surface area contributed by atoms with Crippen molar-refractivity contribution < 1.29 is 0 Å². The predicted molar refractivity (Wildman–Crippen MR) is 97.8 cm³/mol. The number of imidazole rings is 1. The summed E-state index contributed by atoms with van der Waals surface area (Å²) in [7, 11) is 0. The molecule has 1 N–H and O–H groups in total. The van der Waals surface area contributed by atoms with Crippen LogP contribution in [0.5, 0.6) is 0 Å². The quantitative estimate of drug-likeness (QED) is 0.610. The highest BCUT2D eigenvalue weighted by Crippen LogP contribution is 2.29. The van der Waals surface area contributed by atoms with Crippen molar-refractivity contribution in [2.45, 2.75) is 20.4 Å². The van der Waals surface area contributed by atoms with Crippen LogP contribution in [0.1, 0.15) is 16.3 Å². The van der Waals surface area contributed by atoms with Crippen molar-refractivity contribution in [3.63, 3.8) is 0 Å². The zero-order valence-electron chi connectivity index (χ0n) is 13.5. The number of aryl methyl sites for hydroxylation is 2. The summed E-state index contributed by atoms with van der Waals surface area (Å²) in [5.41, 5.74) is 1.22. The third kappa shape index (κ3) is 2.76. The Balaban J connectivity index is 1.76. The second kappa shape index (κ2) is 6.05. The zero-order chi connectivity index (χ0) is 16.5. The molecule has 3 heterocycles. The lowest BCUT2D eigenvalue weighted by Gasteiger charge is -2.10. The maximum absolute atomic E-state index is 4.74. The number of nitrogens with zero attached hydrogens (tertiary/aromatic N) is 4. The van der Waals surface area contributed by atoms with Gasteiger partial charge in [-0.2, -0.15) is 4.98 Å². The molecule has 0 saturated carbocycles. The Morgan fingerprint density at radius 2 is 1.96 bits per heavy atom. The number of nitrogens with one attached hydrogen (secondary N) is 1. The van der Waals surface area contributed by atoms with E-state index in [1.165, 1.54) is 10.4 Å². The fraction of sp³-hybridized carbons (Fsp3) is 0.167. The monoisotopic (exact) mass is 335 g/mol. The van der Waals surface area contributed by atoms with Crippen molar-refractivity contribution >= 4 is 27.4 Å². The molecule has 4 aromatic rings. The summed E-state index contributed by atoms with van der Waals surface area (Å²) in [6.07, 6.45) is 3.65. The van der Waals surface area contributed by atoms with Gasteiger partial charge >= 0.3 is 0 Å². The molecule has 120 valence electrons.